The Hall–Kier alpha value is -0.860. The Balaban J connectivity index is 0.00000196. The van der Waals surface area contributed by atoms with E-state index in [1.165, 1.54) is 0 Å². The van der Waals surface area contributed by atoms with E-state index >= 15 is 0 Å². The molecule has 0 amide bonds. The monoisotopic (exact) mass is 227 g/mol. The number of carbonyl (C=O) groups is 1. The van der Waals surface area contributed by atoms with Gasteiger partial charge in [-0.05, 0) is 13.1 Å². The van der Waals surface area contributed by atoms with Crippen molar-refractivity contribution in [2.75, 3.05) is 19.6 Å². The van der Waals surface area contributed by atoms with Gasteiger partial charge < -0.3 is 0 Å². The van der Waals surface area contributed by atoms with Gasteiger partial charge in [-0.3, -0.25) is 9.69 Å². The third-order valence-corrected chi connectivity index (χ3v) is 2.36. The summed E-state index contributed by atoms with van der Waals surface area (Å²) in [5.74, 6) is 0.203. The summed E-state index contributed by atoms with van der Waals surface area (Å²) in [7, 11) is 0. The first-order chi connectivity index (χ1) is 6.77. The van der Waals surface area contributed by atoms with E-state index < -0.39 is 0 Å². The quantitative estimate of drug-likeness (QED) is 0.721. The molecule has 0 spiro atoms. The predicted molar refractivity (Wildman–Crippen MR) is 65.8 cm³/mol. The van der Waals surface area contributed by atoms with E-state index in [9.17, 15) is 4.79 Å². The maximum atomic E-state index is 11.7. The molecule has 2 nitrogen and oxygen atoms in total. The lowest BCUT2D eigenvalue weighted by Gasteiger charge is -2.16. The molecule has 0 aliphatic heterocycles. The fourth-order valence-electron chi connectivity index (χ4n) is 1.37. The van der Waals surface area contributed by atoms with Crippen LogP contribution in [0.2, 0.25) is 0 Å². The van der Waals surface area contributed by atoms with E-state index in [1.807, 2.05) is 30.3 Å². The van der Waals surface area contributed by atoms with Crippen molar-refractivity contribution in [1.82, 2.24) is 4.90 Å². The molecule has 0 bridgehead atoms. The van der Waals surface area contributed by atoms with Gasteiger partial charge in [-0.2, -0.15) is 0 Å². The van der Waals surface area contributed by atoms with Crippen LogP contribution in [0.4, 0.5) is 0 Å². The molecule has 0 saturated carbocycles. The van der Waals surface area contributed by atoms with Gasteiger partial charge in [0, 0.05) is 5.56 Å². The lowest BCUT2D eigenvalue weighted by atomic mass is 10.1. The van der Waals surface area contributed by atoms with Gasteiger partial charge in [0.25, 0.3) is 0 Å². The third-order valence-electron chi connectivity index (χ3n) is 2.36. The maximum Gasteiger partial charge on any atom is 0.176 e. The van der Waals surface area contributed by atoms with Gasteiger partial charge in [-0.1, -0.05) is 44.2 Å². The number of rotatable bonds is 5. The molecule has 0 radical (unpaired) electrons. The van der Waals surface area contributed by atoms with E-state index in [4.69, 9.17) is 0 Å². The Labute approximate surface area is 97.7 Å². The number of halogens is 1. The molecule has 15 heavy (non-hydrogen) atoms. The summed E-state index contributed by atoms with van der Waals surface area (Å²) in [6.45, 7) is 6.52. The minimum absolute atomic E-state index is 0. The van der Waals surface area contributed by atoms with Crippen LogP contribution < -0.4 is 0 Å². The zero-order valence-corrected chi connectivity index (χ0v) is 10.1. The number of hydrogen-bond donors (Lipinski definition) is 0. The summed E-state index contributed by atoms with van der Waals surface area (Å²) < 4.78 is 0. The van der Waals surface area contributed by atoms with Crippen LogP contribution in [-0.2, 0) is 0 Å². The minimum Gasteiger partial charge on any atom is -0.296 e. The minimum atomic E-state index is 0. The molecule has 1 aromatic carbocycles. The van der Waals surface area contributed by atoms with Gasteiger partial charge in [0.1, 0.15) is 0 Å². The average Bonchev–Trinajstić information content (AvgIpc) is 2.26. The van der Waals surface area contributed by atoms with Crippen molar-refractivity contribution in [2.45, 2.75) is 13.8 Å². The molecule has 84 valence electrons. The highest BCUT2D eigenvalue weighted by Gasteiger charge is 2.08. The number of nitrogens with zero attached hydrogens (tertiary/aromatic N) is 1. The first kappa shape index (κ1) is 14.1. The van der Waals surface area contributed by atoms with Gasteiger partial charge >= 0.3 is 0 Å². The number of ketones is 1. The summed E-state index contributed by atoms with van der Waals surface area (Å²) in [6.07, 6.45) is 0. The molecule has 3 heteroatoms. The van der Waals surface area contributed by atoms with Crippen LogP contribution in [0.3, 0.4) is 0 Å². The highest BCUT2D eigenvalue weighted by molar-refractivity contribution is 5.97. The molecule has 0 heterocycles. The Kier molecular flexibility index (Phi) is 7.01. The summed E-state index contributed by atoms with van der Waals surface area (Å²) in [4.78, 5) is 13.9. The number of Topliss-reactive ketones (excluding diaryl/α,β-unsaturated/α-hetero) is 1. The summed E-state index contributed by atoms with van der Waals surface area (Å²) >= 11 is 0. The highest BCUT2D eigenvalue weighted by Crippen LogP contribution is 2.01. The Morgan fingerprint density at radius 1 is 1.13 bits per heavy atom. The fourth-order valence-corrected chi connectivity index (χ4v) is 1.37. The number of carbonyl (C=O) groups excluding carboxylic acids is 1. The molecule has 0 aromatic heterocycles. The van der Waals surface area contributed by atoms with Gasteiger partial charge in [0.2, 0.25) is 0 Å². The average molecular weight is 228 g/mol. The van der Waals surface area contributed by atoms with Crippen LogP contribution in [0.5, 0.6) is 0 Å². The molecule has 0 unspecified atom stereocenters. The standard InChI is InChI=1S/C12H17NO.ClH/c1-3-13(4-2)10-12(14)11-8-6-5-7-9-11;/h5-9H,3-4,10H2,1-2H3;1H. The number of likely N-dealkylation sites (N-methyl/N-ethyl adjacent to an activating group) is 1. The molecule has 0 fully saturated rings. The smallest absolute Gasteiger partial charge is 0.176 e. The van der Waals surface area contributed by atoms with E-state index in [-0.39, 0.29) is 18.2 Å². The largest absolute Gasteiger partial charge is 0.296 e. The van der Waals surface area contributed by atoms with Gasteiger partial charge in [0.05, 0.1) is 6.54 Å². The van der Waals surface area contributed by atoms with Crippen LogP contribution in [0, 0.1) is 0 Å². The normalized spacial score (nSPS) is 9.80. The van der Waals surface area contributed by atoms with Crippen molar-refractivity contribution in [1.29, 1.82) is 0 Å². The van der Waals surface area contributed by atoms with Crippen LogP contribution in [0.1, 0.15) is 24.2 Å². The van der Waals surface area contributed by atoms with Crippen LogP contribution in [0.15, 0.2) is 30.3 Å². The van der Waals surface area contributed by atoms with Crippen molar-refractivity contribution in [3.8, 4) is 0 Å². The first-order valence-electron chi connectivity index (χ1n) is 5.08. The molecular formula is C12H18ClNO. The lowest BCUT2D eigenvalue weighted by Crippen LogP contribution is -2.29. The fraction of sp³-hybridized carbons (Fsp3) is 0.417. The summed E-state index contributed by atoms with van der Waals surface area (Å²) in [5.41, 5.74) is 0.805. The number of benzene rings is 1. The van der Waals surface area contributed by atoms with Crippen LogP contribution in [-0.4, -0.2) is 30.3 Å². The Morgan fingerprint density at radius 2 is 1.67 bits per heavy atom. The van der Waals surface area contributed by atoms with E-state index in [0.717, 1.165) is 18.7 Å². The van der Waals surface area contributed by atoms with Gasteiger partial charge in [-0.25, -0.2) is 0 Å². The molecular weight excluding hydrogens is 210 g/mol. The van der Waals surface area contributed by atoms with Crippen molar-refractivity contribution >= 4 is 18.2 Å². The molecule has 0 aliphatic carbocycles. The SMILES string of the molecule is CCN(CC)CC(=O)c1ccccc1.Cl. The third kappa shape index (κ3) is 4.45. The lowest BCUT2D eigenvalue weighted by molar-refractivity contribution is 0.0937. The molecule has 1 aromatic rings. The van der Waals surface area contributed by atoms with E-state index in [2.05, 4.69) is 18.7 Å². The molecule has 0 atom stereocenters. The second kappa shape index (κ2) is 7.43. The van der Waals surface area contributed by atoms with Gasteiger partial charge in [0.15, 0.2) is 5.78 Å². The number of hydrogen-bond acceptors (Lipinski definition) is 2. The van der Waals surface area contributed by atoms with Crippen molar-refractivity contribution < 1.29 is 4.79 Å². The molecule has 1 rings (SSSR count). The molecule has 0 N–H and O–H groups in total. The summed E-state index contributed by atoms with van der Waals surface area (Å²) in [5, 5.41) is 0. The molecule has 0 saturated heterocycles. The zero-order valence-electron chi connectivity index (χ0n) is 9.27. The van der Waals surface area contributed by atoms with Crippen LogP contribution >= 0.6 is 12.4 Å². The second-order valence-corrected chi connectivity index (χ2v) is 3.25. The van der Waals surface area contributed by atoms with Crippen molar-refractivity contribution in [2.24, 2.45) is 0 Å². The van der Waals surface area contributed by atoms with Gasteiger partial charge in [-0.15, -0.1) is 12.4 Å². The Morgan fingerprint density at radius 3 is 2.13 bits per heavy atom. The maximum absolute atomic E-state index is 11.7. The predicted octanol–water partition coefficient (Wildman–Crippen LogP) is 2.63. The zero-order chi connectivity index (χ0) is 10.4. The van der Waals surface area contributed by atoms with Crippen molar-refractivity contribution in [3.63, 3.8) is 0 Å². The molecule has 0 aliphatic rings. The van der Waals surface area contributed by atoms with E-state index in [0.29, 0.717) is 6.54 Å². The second-order valence-electron chi connectivity index (χ2n) is 3.25. The highest BCUT2D eigenvalue weighted by atomic mass is 35.5. The van der Waals surface area contributed by atoms with Crippen molar-refractivity contribution in [3.05, 3.63) is 35.9 Å². The van der Waals surface area contributed by atoms with E-state index in [1.54, 1.807) is 0 Å². The van der Waals surface area contributed by atoms with Crippen LogP contribution in [0.25, 0.3) is 0 Å². The topological polar surface area (TPSA) is 20.3 Å². The Bertz CT molecular complexity index is 283. The summed E-state index contributed by atoms with van der Waals surface area (Å²) in [6, 6.07) is 9.46. The first-order valence-corrected chi connectivity index (χ1v) is 5.08.